The second-order valence-electron chi connectivity index (χ2n) is 8.36. The number of nitrogens with one attached hydrogen (secondary N) is 1. The first-order valence-corrected chi connectivity index (χ1v) is 12.2. The summed E-state index contributed by atoms with van der Waals surface area (Å²) < 4.78 is 7.36. The molecule has 7 nitrogen and oxygen atoms in total. The molecule has 1 fully saturated rings. The van der Waals surface area contributed by atoms with Gasteiger partial charge in [0, 0.05) is 12.2 Å². The molecule has 8 heteroatoms. The molecule has 1 aromatic carbocycles. The van der Waals surface area contributed by atoms with Gasteiger partial charge in [0.15, 0.2) is 11.0 Å². The average molecular weight is 446 g/mol. The van der Waals surface area contributed by atoms with Crippen LogP contribution in [-0.2, 0) is 4.79 Å². The first-order chi connectivity index (χ1) is 15.0. The molecule has 2 aromatic rings. The molecule has 0 spiro atoms. The van der Waals surface area contributed by atoms with E-state index in [9.17, 15) is 4.79 Å². The minimum absolute atomic E-state index is 0.0565. The fourth-order valence-corrected chi connectivity index (χ4v) is 4.96. The maximum absolute atomic E-state index is 12.5. The highest BCUT2D eigenvalue weighted by Gasteiger charge is 2.24. The average Bonchev–Trinajstić information content (AvgIpc) is 3.20. The van der Waals surface area contributed by atoms with Gasteiger partial charge >= 0.3 is 0 Å². The van der Waals surface area contributed by atoms with Gasteiger partial charge in [-0.05, 0) is 63.5 Å². The van der Waals surface area contributed by atoms with Gasteiger partial charge in [0.1, 0.15) is 5.75 Å². The fourth-order valence-electron chi connectivity index (χ4n) is 4.17. The maximum atomic E-state index is 12.5. The predicted octanol–water partition coefficient (Wildman–Crippen LogP) is 4.08. The zero-order chi connectivity index (χ0) is 22.2. The molecule has 1 aromatic heterocycles. The van der Waals surface area contributed by atoms with Crippen LogP contribution in [0.1, 0.15) is 57.3 Å². The number of carbonyl (C=O) groups is 1. The molecule has 1 aliphatic carbocycles. The van der Waals surface area contributed by atoms with Crippen molar-refractivity contribution in [3.63, 3.8) is 0 Å². The van der Waals surface area contributed by atoms with Gasteiger partial charge in [-0.2, -0.15) is 0 Å². The molecule has 31 heavy (non-hydrogen) atoms. The lowest BCUT2D eigenvalue weighted by Gasteiger charge is -2.23. The minimum Gasteiger partial charge on any atom is -0.497 e. The Bertz CT molecular complexity index is 831. The van der Waals surface area contributed by atoms with Gasteiger partial charge in [-0.3, -0.25) is 14.3 Å². The summed E-state index contributed by atoms with van der Waals surface area (Å²) >= 11 is 1.43. The standard InChI is InChI=1S/C23H35N5O2S/c1-5-20(27(2)3)22-25-26-23(28(22)18-11-13-19(30-4)14-12-18)31-16-21(29)24-15-17-9-7-6-8-10-17/h11-14,17,20H,5-10,15-16H2,1-4H3,(H,24,29). The maximum Gasteiger partial charge on any atom is 0.230 e. The number of nitrogens with zero attached hydrogens (tertiary/aromatic N) is 4. The van der Waals surface area contributed by atoms with E-state index in [1.165, 1.54) is 43.9 Å². The van der Waals surface area contributed by atoms with Crippen LogP contribution >= 0.6 is 11.8 Å². The summed E-state index contributed by atoms with van der Waals surface area (Å²) in [6, 6.07) is 7.99. The van der Waals surface area contributed by atoms with Crippen LogP contribution < -0.4 is 10.1 Å². The second-order valence-corrected chi connectivity index (χ2v) is 9.30. The molecule has 1 aliphatic rings. The number of thioether (sulfide) groups is 1. The molecule has 1 unspecified atom stereocenters. The van der Waals surface area contributed by atoms with Gasteiger partial charge in [-0.25, -0.2) is 0 Å². The summed E-state index contributed by atoms with van der Waals surface area (Å²) in [7, 11) is 5.76. The number of benzene rings is 1. The van der Waals surface area contributed by atoms with Crippen molar-refractivity contribution < 1.29 is 9.53 Å². The Balaban J connectivity index is 1.74. The van der Waals surface area contributed by atoms with Gasteiger partial charge in [0.05, 0.1) is 18.9 Å². The van der Waals surface area contributed by atoms with E-state index >= 15 is 0 Å². The van der Waals surface area contributed by atoms with Crippen molar-refractivity contribution in [3.05, 3.63) is 30.1 Å². The lowest BCUT2D eigenvalue weighted by molar-refractivity contribution is -0.118. The van der Waals surface area contributed by atoms with E-state index in [0.717, 1.165) is 35.4 Å². The fraction of sp³-hybridized carbons (Fsp3) is 0.609. The van der Waals surface area contributed by atoms with Crippen molar-refractivity contribution in [2.45, 2.75) is 56.6 Å². The second kappa shape index (κ2) is 11.5. The molecule has 1 N–H and O–H groups in total. The largest absolute Gasteiger partial charge is 0.497 e. The number of methoxy groups -OCH3 is 1. The number of carbonyl (C=O) groups excluding carboxylic acids is 1. The van der Waals surface area contributed by atoms with Crippen molar-refractivity contribution in [2.75, 3.05) is 33.5 Å². The first kappa shape index (κ1) is 23.6. The van der Waals surface area contributed by atoms with Gasteiger partial charge in [0.25, 0.3) is 0 Å². The highest BCUT2D eigenvalue weighted by molar-refractivity contribution is 7.99. The van der Waals surface area contributed by atoms with Crippen LogP contribution in [0.4, 0.5) is 0 Å². The molecule has 170 valence electrons. The third-order valence-corrected chi connectivity index (χ3v) is 6.87. The van der Waals surface area contributed by atoms with Crippen molar-refractivity contribution in [1.29, 1.82) is 0 Å². The Morgan fingerprint density at radius 3 is 2.55 bits per heavy atom. The van der Waals surface area contributed by atoms with Gasteiger partial charge in [-0.1, -0.05) is 37.9 Å². The lowest BCUT2D eigenvalue weighted by Crippen LogP contribution is -2.31. The smallest absolute Gasteiger partial charge is 0.230 e. The van der Waals surface area contributed by atoms with E-state index in [-0.39, 0.29) is 11.9 Å². The number of hydrogen-bond donors (Lipinski definition) is 1. The lowest BCUT2D eigenvalue weighted by atomic mass is 9.89. The van der Waals surface area contributed by atoms with E-state index < -0.39 is 0 Å². The molecule has 1 saturated carbocycles. The summed E-state index contributed by atoms with van der Waals surface area (Å²) in [5.74, 6) is 2.69. The van der Waals surface area contributed by atoms with Crippen molar-refractivity contribution >= 4 is 17.7 Å². The van der Waals surface area contributed by atoms with Crippen LogP contribution in [-0.4, -0.2) is 59.1 Å². The Labute approximate surface area is 189 Å². The molecule has 3 rings (SSSR count). The minimum atomic E-state index is 0.0565. The van der Waals surface area contributed by atoms with E-state index in [0.29, 0.717) is 11.7 Å². The number of rotatable bonds is 10. The van der Waals surface area contributed by atoms with Crippen LogP contribution in [0.2, 0.25) is 0 Å². The zero-order valence-corrected chi connectivity index (χ0v) is 20.0. The molecule has 0 radical (unpaired) electrons. The van der Waals surface area contributed by atoms with Crippen LogP contribution in [0.15, 0.2) is 29.4 Å². The van der Waals surface area contributed by atoms with E-state index in [2.05, 4.69) is 31.9 Å². The molecular weight excluding hydrogens is 410 g/mol. The topological polar surface area (TPSA) is 72.3 Å². The molecule has 0 aliphatic heterocycles. The Morgan fingerprint density at radius 1 is 1.23 bits per heavy atom. The first-order valence-electron chi connectivity index (χ1n) is 11.2. The quantitative estimate of drug-likeness (QED) is 0.556. The number of aromatic nitrogens is 3. The van der Waals surface area contributed by atoms with Crippen LogP contribution in [0.3, 0.4) is 0 Å². The van der Waals surface area contributed by atoms with Crippen molar-refractivity contribution in [3.8, 4) is 11.4 Å². The molecule has 1 amide bonds. The van der Waals surface area contributed by atoms with Crippen molar-refractivity contribution in [1.82, 2.24) is 25.0 Å². The van der Waals surface area contributed by atoms with Crippen molar-refractivity contribution in [2.24, 2.45) is 5.92 Å². The number of ether oxygens (including phenoxy) is 1. The summed E-state index contributed by atoms with van der Waals surface area (Å²) in [6.45, 7) is 2.93. The summed E-state index contributed by atoms with van der Waals surface area (Å²) in [6.07, 6.45) is 7.27. The zero-order valence-electron chi connectivity index (χ0n) is 19.1. The molecule has 0 bridgehead atoms. The van der Waals surface area contributed by atoms with E-state index in [4.69, 9.17) is 4.74 Å². The van der Waals surface area contributed by atoms with Crippen LogP contribution in [0.25, 0.3) is 5.69 Å². The summed E-state index contributed by atoms with van der Waals surface area (Å²) in [4.78, 5) is 14.6. The molecular formula is C23H35N5O2S. The summed E-state index contributed by atoms with van der Waals surface area (Å²) in [5, 5.41) is 12.8. The van der Waals surface area contributed by atoms with E-state index in [1.54, 1.807) is 7.11 Å². The third-order valence-electron chi connectivity index (χ3n) is 5.94. The Kier molecular flexibility index (Phi) is 8.78. The molecule has 1 atom stereocenters. The SMILES string of the molecule is CCC(c1nnc(SCC(=O)NCC2CCCCC2)n1-c1ccc(OC)cc1)N(C)C. The molecule has 1 heterocycles. The normalized spacial score (nSPS) is 15.8. The van der Waals surface area contributed by atoms with Gasteiger partial charge < -0.3 is 10.1 Å². The Morgan fingerprint density at radius 2 is 1.94 bits per heavy atom. The van der Waals surface area contributed by atoms with E-state index in [1.807, 2.05) is 38.4 Å². The van der Waals surface area contributed by atoms with Gasteiger partial charge in [-0.15, -0.1) is 10.2 Å². The highest BCUT2D eigenvalue weighted by Crippen LogP contribution is 2.29. The highest BCUT2D eigenvalue weighted by atomic mass is 32.2. The number of amides is 1. The Hall–Kier alpha value is -2.06. The van der Waals surface area contributed by atoms with Crippen LogP contribution in [0.5, 0.6) is 5.75 Å². The van der Waals surface area contributed by atoms with Gasteiger partial charge in [0.2, 0.25) is 5.91 Å². The number of hydrogen-bond acceptors (Lipinski definition) is 6. The predicted molar refractivity (Wildman–Crippen MR) is 125 cm³/mol. The third kappa shape index (κ3) is 6.23. The summed E-state index contributed by atoms with van der Waals surface area (Å²) in [5.41, 5.74) is 0.964. The van der Waals surface area contributed by atoms with Crippen LogP contribution in [0, 0.1) is 5.92 Å². The monoisotopic (exact) mass is 445 g/mol. The molecule has 0 saturated heterocycles.